The molecule has 2 heterocycles. The van der Waals surface area contributed by atoms with Gasteiger partial charge in [0.25, 0.3) is 0 Å². The van der Waals surface area contributed by atoms with E-state index in [2.05, 4.69) is 82.3 Å². The lowest BCUT2D eigenvalue weighted by molar-refractivity contribution is -0.0678. The SMILES string of the molecule is CC(C)(O[B]c1ccc2c(c1)S(=O)c1cc(-c3ccc4c(c3)oc3ccccc34)ccc1-2)C(C)(C)C1CCC1. The highest BCUT2D eigenvalue weighted by Crippen LogP contribution is 2.49. The number of hydrogen-bond donors (Lipinski definition) is 0. The summed E-state index contributed by atoms with van der Waals surface area (Å²) < 4.78 is 26.2. The van der Waals surface area contributed by atoms with Crippen molar-refractivity contribution in [1.29, 1.82) is 0 Å². The quantitative estimate of drug-likeness (QED) is 0.203. The first-order chi connectivity index (χ1) is 18.7. The number of para-hydroxylation sites is 1. The molecule has 1 atom stereocenters. The van der Waals surface area contributed by atoms with Gasteiger partial charge in [0.05, 0.1) is 26.2 Å². The van der Waals surface area contributed by atoms with Crippen LogP contribution in [0.1, 0.15) is 47.0 Å². The highest BCUT2D eigenvalue weighted by atomic mass is 32.2. The zero-order valence-electron chi connectivity index (χ0n) is 22.9. The Balaban J connectivity index is 1.15. The molecule has 2 aliphatic rings. The van der Waals surface area contributed by atoms with E-state index in [1.807, 2.05) is 31.7 Å². The largest absolute Gasteiger partial charge is 0.456 e. The summed E-state index contributed by atoms with van der Waals surface area (Å²) in [6, 6.07) is 26.9. The minimum absolute atomic E-state index is 0.0827. The van der Waals surface area contributed by atoms with Gasteiger partial charge in [-0.1, -0.05) is 74.3 Å². The van der Waals surface area contributed by atoms with Gasteiger partial charge in [-0.25, -0.2) is 4.21 Å². The van der Waals surface area contributed by atoms with E-state index in [-0.39, 0.29) is 11.0 Å². The molecule has 1 unspecified atom stereocenters. The van der Waals surface area contributed by atoms with Crippen LogP contribution in [0.2, 0.25) is 0 Å². The van der Waals surface area contributed by atoms with Crippen molar-refractivity contribution in [2.75, 3.05) is 0 Å². The molecule has 4 aromatic carbocycles. The molecule has 0 saturated heterocycles. The summed E-state index contributed by atoms with van der Waals surface area (Å²) >= 11 is 0. The Morgan fingerprint density at radius 1 is 0.795 bits per heavy atom. The van der Waals surface area contributed by atoms with Crippen LogP contribution in [0.4, 0.5) is 0 Å². The molecule has 39 heavy (non-hydrogen) atoms. The van der Waals surface area contributed by atoms with Crippen LogP contribution in [0.25, 0.3) is 44.2 Å². The molecule has 3 nitrogen and oxygen atoms in total. The molecule has 0 amide bonds. The van der Waals surface area contributed by atoms with Crippen molar-refractivity contribution in [2.24, 2.45) is 11.3 Å². The molecular formula is C34H32BO3S. The highest BCUT2D eigenvalue weighted by Gasteiger charge is 2.45. The van der Waals surface area contributed by atoms with Crippen molar-refractivity contribution in [3.05, 3.63) is 78.9 Å². The van der Waals surface area contributed by atoms with E-state index in [0.29, 0.717) is 5.92 Å². The fraction of sp³-hybridized carbons (Fsp3) is 0.294. The van der Waals surface area contributed by atoms with Crippen LogP contribution in [0, 0.1) is 11.3 Å². The normalized spacial score (nSPS) is 17.3. The van der Waals surface area contributed by atoms with Gasteiger partial charge in [-0.3, -0.25) is 0 Å². The summed E-state index contributed by atoms with van der Waals surface area (Å²) in [7, 11) is 0.609. The minimum Gasteiger partial charge on any atom is -0.456 e. The topological polar surface area (TPSA) is 39.4 Å². The Morgan fingerprint density at radius 3 is 2.23 bits per heavy atom. The van der Waals surface area contributed by atoms with Crippen molar-refractivity contribution < 1.29 is 13.3 Å². The zero-order chi connectivity index (χ0) is 26.9. The molecule has 5 heteroatoms. The third-order valence-corrected chi connectivity index (χ3v) is 11.0. The first-order valence-corrected chi connectivity index (χ1v) is 15.0. The van der Waals surface area contributed by atoms with Crippen LogP contribution in [-0.4, -0.2) is 17.3 Å². The second-order valence-corrected chi connectivity index (χ2v) is 13.6. The number of fused-ring (bicyclic) bond motifs is 6. The first-order valence-electron chi connectivity index (χ1n) is 13.9. The van der Waals surface area contributed by atoms with E-state index in [1.54, 1.807) is 0 Å². The van der Waals surface area contributed by atoms with Crippen molar-refractivity contribution >= 4 is 45.7 Å². The Morgan fingerprint density at radius 2 is 1.46 bits per heavy atom. The van der Waals surface area contributed by atoms with E-state index >= 15 is 0 Å². The summed E-state index contributed by atoms with van der Waals surface area (Å²) in [5.74, 6) is 0.699. The van der Waals surface area contributed by atoms with Gasteiger partial charge >= 0.3 is 7.48 Å². The van der Waals surface area contributed by atoms with Gasteiger partial charge in [0, 0.05) is 10.8 Å². The molecule has 5 aromatic rings. The number of rotatable bonds is 6. The van der Waals surface area contributed by atoms with Gasteiger partial charge in [-0.15, -0.1) is 0 Å². The van der Waals surface area contributed by atoms with Crippen LogP contribution < -0.4 is 5.46 Å². The molecule has 1 aromatic heterocycles. The molecule has 195 valence electrons. The monoisotopic (exact) mass is 531 g/mol. The van der Waals surface area contributed by atoms with E-state index in [1.165, 1.54) is 19.3 Å². The van der Waals surface area contributed by atoms with Crippen LogP contribution in [-0.2, 0) is 15.5 Å². The van der Waals surface area contributed by atoms with Gasteiger partial charge in [-0.2, -0.15) is 0 Å². The predicted molar refractivity (Wildman–Crippen MR) is 161 cm³/mol. The summed E-state index contributed by atoms with van der Waals surface area (Å²) in [6.45, 7) is 9.02. The van der Waals surface area contributed by atoms with Crippen LogP contribution in [0.3, 0.4) is 0 Å². The molecule has 0 spiro atoms. The van der Waals surface area contributed by atoms with Crippen LogP contribution in [0.5, 0.6) is 0 Å². The Hall–Kier alpha value is -3.15. The zero-order valence-corrected chi connectivity index (χ0v) is 23.7. The smallest absolute Gasteiger partial charge is 0.330 e. The fourth-order valence-corrected chi connectivity index (χ4v) is 7.55. The highest BCUT2D eigenvalue weighted by molar-refractivity contribution is 7.85. The maximum Gasteiger partial charge on any atom is 0.330 e. The third kappa shape index (κ3) is 3.93. The predicted octanol–water partition coefficient (Wildman–Crippen LogP) is 8.27. The molecule has 1 aliphatic carbocycles. The second kappa shape index (κ2) is 8.94. The Bertz CT molecular complexity index is 1780. The van der Waals surface area contributed by atoms with Crippen molar-refractivity contribution in [2.45, 2.75) is 62.3 Å². The Kier molecular flexibility index (Phi) is 5.70. The van der Waals surface area contributed by atoms with E-state index in [0.717, 1.165) is 59.4 Å². The Labute approximate surface area is 233 Å². The van der Waals surface area contributed by atoms with E-state index in [4.69, 9.17) is 9.07 Å². The average molecular weight is 532 g/mol. The number of hydrogen-bond acceptors (Lipinski definition) is 3. The van der Waals surface area contributed by atoms with Crippen molar-refractivity contribution in [1.82, 2.24) is 0 Å². The van der Waals surface area contributed by atoms with Crippen molar-refractivity contribution in [3.8, 4) is 22.3 Å². The van der Waals surface area contributed by atoms with Crippen LogP contribution >= 0.6 is 0 Å². The molecule has 1 aliphatic heterocycles. The molecule has 1 fully saturated rings. The molecule has 0 bridgehead atoms. The standard InChI is InChI=1S/C34H32BO3S/c1-33(2,23-8-7-9-23)34(3,4)38-35-24-14-17-28-27-16-13-22(19-31(27)39(36)32(28)20-24)21-12-15-26-25-10-5-6-11-29(25)37-30(26)18-21/h5-6,10-20,23H,7-9H2,1-4H3. The molecule has 1 radical (unpaired) electrons. The van der Waals surface area contributed by atoms with Gasteiger partial charge in [0.2, 0.25) is 0 Å². The average Bonchev–Trinajstić information content (AvgIpc) is 3.40. The lowest BCUT2D eigenvalue weighted by atomic mass is 9.60. The fourth-order valence-electron chi connectivity index (χ4n) is 6.08. The second-order valence-electron chi connectivity index (χ2n) is 12.1. The molecule has 1 saturated carbocycles. The molecule has 7 rings (SSSR count). The molecular weight excluding hydrogens is 499 g/mol. The summed E-state index contributed by atoms with van der Waals surface area (Å²) in [5, 5.41) is 2.23. The van der Waals surface area contributed by atoms with E-state index in [9.17, 15) is 4.21 Å². The summed E-state index contributed by atoms with van der Waals surface area (Å²) in [6.07, 6.45) is 3.88. The maximum absolute atomic E-state index is 13.7. The minimum atomic E-state index is -1.25. The van der Waals surface area contributed by atoms with Gasteiger partial charge in [0.15, 0.2) is 0 Å². The molecule has 0 N–H and O–H groups in total. The number of furan rings is 1. The lowest BCUT2D eigenvalue weighted by Crippen LogP contribution is -2.50. The van der Waals surface area contributed by atoms with Gasteiger partial charge in [0.1, 0.15) is 11.2 Å². The third-order valence-electron chi connectivity index (χ3n) is 9.56. The first kappa shape index (κ1) is 24.9. The van der Waals surface area contributed by atoms with Gasteiger partial charge in [-0.05, 0) is 90.6 Å². The maximum atomic E-state index is 13.7. The van der Waals surface area contributed by atoms with Gasteiger partial charge < -0.3 is 9.07 Å². The lowest BCUT2D eigenvalue weighted by Gasteiger charge is -2.50. The van der Waals surface area contributed by atoms with Crippen LogP contribution in [0.15, 0.2) is 93.1 Å². The van der Waals surface area contributed by atoms with E-state index < -0.39 is 10.8 Å². The number of benzene rings is 4. The summed E-state index contributed by atoms with van der Waals surface area (Å²) in [4.78, 5) is 1.71. The van der Waals surface area contributed by atoms with Crippen molar-refractivity contribution in [3.63, 3.8) is 0 Å². The summed E-state index contributed by atoms with van der Waals surface area (Å²) in [5.41, 5.74) is 6.65.